The topological polar surface area (TPSA) is 91.7 Å². The number of allylic oxidation sites excluding steroid dienone is 2. The zero-order valence-corrected chi connectivity index (χ0v) is 13.4. The SMILES string of the molecule is CCCCCCOC1=CC(=Nc2ccc(O)cc2)C(N)=CC1=N. The van der Waals surface area contributed by atoms with E-state index in [0.717, 1.165) is 12.8 Å². The van der Waals surface area contributed by atoms with Gasteiger partial charge in [0.25, 0.3) is 0 Å². The lowest BCUT2D eigenvalue weighted by Gasteiger charge is -2.15. The molecule has 0 aliphatic heterocycles. The highest BCUT2D eigenvalue weighted by atomic mass is 16.5. The van der Waals surface area contributed by atoms with Crippen LogP contribution >= 0.6 is 0 Å². The first-order valence-corrected chi connectivity index (χ1v) is 7.89. The number of nitrogens with zero attached hydrogens (tertiary/aromatic N) is 1. The molecule has 0 aromatic heterocycles. The molecule has 1 aliphatic rings. The number of aliphatic imine (C=N–C) groups is 1. The fourth-order valence-corrected chi connectivity index (χ4v) is 2.18. The number of rotatable bonds is 7. The number of phenolic OH excluding ortho intramolecular Hbond substituents is 1. The number of nitrogens with two attached hydrogens (primary N) is 1. The first-order chi connectivity index (χ1) is 11.1. The Bertz CT molecular complexity index is 643. The predicted octanol–water partition coefficient (Wildman–Crippen LogP) is 3.82. The van der Waals surface area contributed by atoms with Crippen LogP contribution in [0.3, 0.4) is 0 Å². The lowest BCUT2D eigenvalue weighted by Crippen LogP contribution is -2.19. The molecule has 0 saturated heterocycles. The summed E-state index contributed by atoms with van der Waals surface area (Å²) in [5.74, 6) is 0.683. The van der Waals surface area contributed by atoms with Gasteiger partial charge in [-0.15, -0.1) is 0 Å². The molecule has 0 bridgehead atoms. The molecule has 0 heterocycles. The van der Waals surface area contributed by atoms with Crippen LogP contribution in [0.2, 0.25) is 0 Å². The van der Waals surface area contributed by atoms with Gasteiger partial charge in [0.05, 0.1) is 29.4 Å². The highest BCUT2D eigenvalue weighted by Gasteiger charge is 2.15. The summed E-state index contributed by atoms with van der Waals surface area (Å²) < 4.78 is 5.69. The van der Waals surface area contributed by atoms with Gasteiger partial charge in [0.2, 0.25) is 0 Å². The molecule has 2 rings (SSSR count). The molecule has 1 aliphatic carbocycles. The Labute approximate surface area is 136 Å². The highest BCUT2D eigenvalue weighted by molar-refractivity contribution is 6.22. The second-order valence-electron chi connectivity index (χ2n) is 5.44. The number of benzene rings is 1. The lowest BCUT2D eigenvalue weighted by molar-refractivity contribution is 0.223. The van der Waals surface area contributed by atoms with E-state index < -0.39 is 0 Å². The highest BCUT2D eigenvalue weighted by Crippen LogP contribution is 2.20. The molecule has 1 aromatic carbocycles. The standard InChI is InChI=1S/C18H23N3O2/c1-2-3-4-5-10-23-18-12-17(15(19)11-16(18)20)21-13-6-8-14(22)9-7-13/h6-9,11-12,20,22H,2-5,10,19H2,1H3. The van der Waals surface area contributed by atoms with E-state index in [0.29, 0.717) is 29.5 Å². The lowest BCUT2D eigenvalue weighted by atomic mass is 10.1. The third-order valence-corrected chi connectivity index (χ3v) is 3.48. The average molecular weight is 313 g/mol. The summed E-state index contributed by atoms with van der Waals surface area (Å²) in [6.07, 6.45) is 7.73. The molecule has 5 heteroatoms. The summed E-state index contributed by atoms with van der Waals surface area (Å²) in [5.41, 5.74) is 7.89. The van der Waals surface area contributed by atoms with Gasteiger partial charge in [0.1, 0.15) is 11.5 Å². The molecule has 0 saturated carbocycles. The van der Waals surface area contributed by atoms with Crippen molar-refractivity contribution in [2.45, 2.75) is 32.6 Å². The van der Waals surface area contributed by atoms with Crippen LogP contribution in [0.5, 0.6) is 5.75 Å². The van der Waals surface area contributed by atoms with Gasteiger partial charge >= 0.3 is 0 Å². The van der Waals surface area contributed by atoms with Crippen LogP contribution in [0, 0.1) is 5.41 Å². The van der Waals surface area contributed by atoms with Crippen molar-refractivity contribution in [2.75, 3.05) is 6.61 Å². The molecule has 5 nitrogen and oxygen atoms in total. The summed E-state index contributed by atoms with van der Waals surface area (Å²) in [5, 5.41) is 17.3. The molecule has 122 valence electrons. The Hall–Kier alpha value is -2.56. The van der Waals surface area contributed by atoms with Gasteiger partial charge in [-0.2, -0.15) is 0 Å². The summed E-state index contributed by atoms with van der Waals surface area (Å²) in [6, 6.07) is 6.54. The number of phenols is 1. The van der Waals surface area contributed by atoms with E-state index in [1.807, 2.05) is 0 Å². The van der Waals surface area contributed by atoms with Crippen LogP contribution in [0.1, 0.15) is 32.6 Å². The molecule has 23 heavy (non-hydrogen) atoms. The van der Waals surface area contributed by atoms with Crippen molar-refractivity contribution in [3.05, 3.63) is 47.9 Å². The molecule has 0 spiro atoms. The molecule has 0 fully saturated rings. The maximum absolute atomic E-state index is 9.31. The van der Waals surface area contributed by atoms with Crippen LogP contribution < -0.4 is 5.73 Å². The molecule has 0 atom stereocenters. The summed E-state index contributed by atoms with van der Waals surface area (Å²) in [4.78, 5) is 4.44. The van der Waals surface area contributed by atoms with Crippen LogP contribution in [-0.2, 0) is 4.74 Å². The van der Waals surface area contributed by atoms with Crippen LogP contribution in [-0.4, -0.2) is 23.1 Å². The zero-order valence-electron chi connectivity index (χ0n) is 13.4. The second-order valence-corrected chi connectivity index (χ2v) is 5.44. The minimum Gasteiger partial charge on any atom is -0.508 e. The number of nitrogens with one attached hydrogen (secondary N) is 1. The number of hydrogen-bond donors (Lipinski definition) is 3. The smallest absolute Gasteiger partial charge is 0.146 e. The van der Waals surface area contributed by atoms with Crippen LogP contribution in [0.4, 0.5) is 5.69 Å². The minimum absolute atomic E-state index is 0.189. The van der Waals surface area contributed by atoms with Crippen molar-refractivity contribution in [1.82, 2.24) is 0 Å². The Balaban J connectivity index is 2.07. The summed E-state index contributed by atoms with van der Waals surface area (Å²) in [6.45, 7) is 2.76. The number of aromatic hydroxyl groups is 1. The fourth-order valence-electron chi connectivity index (χ4n) is 2.18. The van der Waals surface area contributed by atoms with Crippen molar-refractivity contribution in [3.63, 3.8) is 0 Å². The van der Waals surface area contributed by atoms with Gasteiger partial charge in [-0.05, 0) is 36.8 Å². The second kappa shape index (κ2) is 8.17. The van der Waals surface area contributed by atoms with E-state index in [1.165, 1.54) is 12.8 Å². The number of unbranched alkanes of at least 4 members (excludes halogenated alkanes) is 3. The van der Waals surface area contributed by atoms with Gasteiger partial charge < -0.3 is 15.6 Å². The van der Waals surface area contributed by atoms with E-state index in [4.69, 9.17) is 15.9 Å². The molecule has 0 unspecified atom stereocenters. The first-order valence-electron chi connectivity index (χ1n) is 7.89. The molecule has 0 amide bonds. The van der Waals surface area contributed by atoms with Crippen molar-refractivity contribution in [3.8, 4) is 5.75 Å². The third-order valence-electron chi connectivity index (χ3n) is 3.48. The van der Waals surface area contributed by atoms with Crippen molar-refractivity contribution < 1.29 is 9.84 Å². The first kappa shape index (κ1) is 16.8. The van der Waals surface area contributed by atoms with E-state index in [9.17, 15) is 5.11 Å². The van der Waals surface area contributed by atoms with E-state index >= 15 is 0 Å². The Morgan fingerprint density at radius 1 is 1.13 bits per heavy atom. The van der Waals surface area contributed by atoms with E-state index in [-0.39, 0.29) is 11.5 Å². The number of hydrogen-bond acceptors (Lipinski definition) is 5. The fraction of sp³-hybridized carbons (Fsp3) is 0.333. The van der Waals surface area contributed by atoms with Crippen molar-refractivity contribution >= 4 is 17.1 Å². The van der Waals surface area contributed by atoms with Gasteiger partial charge in [-0.25, -0.2) is 4.99 Å². The average Bonchev–Trinajstić information content (AvgIpc) is 2.53. The van der Waals surface area contributed by atoms with Crippen molar-refractivity contribution in [1.29, 1.82) is 5.41 Å². The predicted molar refractivity (Wildman–Crippen MR) is 93.4 cm³/mol. The third kappa shape index (κ3) is 4.98. The Morgan fingerprint density at radius 3 is 2.57 bits per heavy atom. The summed E-state index contributed by atoms with van der Waals surface area (Å²) in [7, 11) is 0. The normalized spacial score (nSPS) is 16.2. The Kier molecular flexibility index (Phi) is 5.97. The molecular formula is C18H23N3O2. The molecular weight excluding hydrogens is 290 g/mol. The minimum atomic E-state index is 0.189. The molecule has 1 aromatic rings. The molecule has 0 radical (unpaired) electrons. The molecule has 4 N–H and O–H groups in total. The maximum atomic E-state index is 9.31. The Morgan fingerprint density at radius 2 is 1.87 bits per heavy atom. The van der Waals surface area contributed by atoms with E-state index in [2.05, 4.69) is 11.9 Å². The number of ether oxygens (including phenoxy) is 1. The summed E-state index contributed by atoms with van der Waals surface area (Å²) >= 11 is 0. The van der Waals surface area contributed by atoms with Gasteiger partial charge in [0, 0.05) is 6.08 Å². The van der Waals surface area contributed by atoms with E-state index in [1.54, 1.807) is 36.4 Å². The largest absolute Gasteiger partial charge is 0.508 e. The zero-order chi connectivity index (χ0) is 16.7. The van der Waals surface area contributed by atoms with Gasteiger partial charge in [-0.3, -0.25) is 5.41 Å². The quantitative estimate of drug-likeness (QED) is 0.528. The monoisotopic (exact) mass is 313 g/mol. The van der Waals surface area contributed by atoms with Crippen LogP contribution in [0.15, 0.2) is 52.9 Å². The van der Waals surface area contributed by atoms with Gasteiger partial charge in [-0.1, -0.05) is 26.2 Å². The van der Waals surface area contributed by atoms with Crippen molar-refractivity contribution in [2.24, 2.45) is 10.7 Å². The van der Waals surface area contributed by atoms with Crippen LogP contribution in [0.25, 0.3) is 0 Å². The van der Waals surface area contributed by atoms with Gasteiger partial charge in [0.15, 0.2) is 0 Å². The maximum Gasteiger partial charge on any atom is 0.146 e.